The maximum absolute atomic E-state index is 11.9. The zero-order chi connectivity index (χ0) is 14.5. The third-order valence-corrected chi connectivity index (χ3v) is 2.54. The smallest absolute Gasteiger partial charge is 0.303 e. The van der Waals surface area contributed by atoms with Crippen LogP contribution in [0.1, 0.15) is 26.3 Å². The fourth-order valence-electron chi connectivity index (χ4n) is 1.50. The Morgan fingerprint density at radius 3 is 2.21 bits per heavy atom. The first-order chi connectivity index (χ1) is 8.85. The molecule has 0 aliphatic carbocycles. The molecule has 0 N–H and O–H groups in total. The van der Waals surface area contributed by atoms with Crippen molar-refractivity contribution in [2.45, 2.75) is 26.4 Å². The molecule has 1 aromatic rings. The van der Waals surface area contributed by atoms with Crippen LogP contribution < -0.4 is 4.74 Å². The predicted molar refractivity (Wildman–Crippen MR) is 72.9 cm³/mol. The monoisotopic (exact) mass is 262 g/mol. The van der Waals surface area contributed by atoms with Gasteiger partial charge in [-0.3, -0.25) is 9.59 Å². The molecule has 1 aromatic carbocycles. The molecular weight excluding hydrogens is 244 g/mol. The molecule has 0 bridgehead atoms. The molecule has 0 fully saturated rings. The van der Waals surface area contributed by atoms with Crippen LogP contribution in [0.5, 0.6) is 5.75 Å². The Morgan fingerprint density at radius 1 is 1.16 bits per heavy atom. The SMILES string of the molecule is COc1ccc(/C=C\C(=O)C(C)(C)OC(C)=O)cc1. The number of carbonyl (C=O) groups is 2. The summed E-state index contributed by atoms with van der Waals surface area (Å²) in [5, 5.41) is 0. The van der Waals surface area contributed by atoms with E-state index < -0.39 is 11.6 Å². The van der Waals surface area contributed by atoms with Crippen LogP contribution in [0.25, 0.3) is 6.08 Å². The minimum atomic E-state index is -1.14. The van der Waals surface area contributed by atoms with Gasteiger partial charge in [0, 0.05) is 6.92 Å². The second kappa shape index (κ2) is 6.18. The van der Waals surface area contributed by atoms with Crippen LogP contribution in [0.3, 0.4) is 0 Å². The van der Waals surface area contributed by atoms with Gasteiger partial charge in [0.25, 0.3) is 0 Å². The molecule has 102 valence electrons. The van der Waals surface area contributed by atoms with Crippen LogP contribution in [-0.4, -0.2) is 24.5 Å². The van der Waals surface area contributed by atoms with Crippen molar-refractivity contribution < 1.29 is 19.1 Å². The van der Waals surface area contributed by atoms with Crippen molar-refractivity contribution in [3.05, 3.63) is 35.9 Å². The van der Waals surface area contributed by atoms with E-state index in [-0.39, 0.29) is 5.78 Å². The van der Waals surface area contributed by atoms with Gasteiger partial charge in [-0.15, -0.1) is 0 Å². The Bertz CT molecular complexity index is 483. The number of hydrogen-bond acceptors (Lipinski definition) is 4. The zero-order valence-electron chi connectivity index (χ0n) is 11.6. The van der Waals surface area contributed by atoms with Gasteiger partial charge in [0.05, 0.1) is 7.11 Å². The van der Waals surface area contributed by atoms with Gasteiger partial charge < -0.3 is 9.47 Å². The standard InChI is InChI=1S/C15H18O4/c1-11(16)19-15(2,3)14(17)10-7-12-5-8-13(18-4)9-6-12/h5-10H,1-4H3/b10-7-. The van der Waals surface area contributed by atoms with Crippen LogP contribution in [0.15, 0.2) is 30.3 Å². The maximum Gasteiger partial charge on any atom is 0.303 e. The molecule has 0 heterocycles. The summed E-state index contributed by atoms with van der Waals surface area (Å²) in [4.78, 5) is 22.8. The molecule has 0 spiro atoms. The van der Waals surface area contributed by atoms with Crippen molar-refractivity contribution in [3.63, 3.8) is 0 Å². The third kappa shape index (κ3) is 4.58. The number of esters is 1. The lowest BCUT2D eigenvalue weighted by Crippen LogP contribution is -2.35. The topological polar surface area (TPSA) is 52.6 Å². The van der Waals surface area contributed by atoms with E-state index in [2.05, 4.69) is 0 Å². The van der Waals surface area contributed by atoms with Crippen LogP contribution in [0.2, 0.25) is 0 Å². The average molecular weight is 262 g/mol. The van der Waals surface area contributed by atoms with E-state index in [1.54, 1.807) is 39.2 Å². The van der Waals surface area contributed by atoms with E-state index in [0.717, 1.165) is 11.3 Å². The fraction of sp³-hybridized carbons (Fsp3) is 0.333. The van der Waals surface area contributed by atoms with E-state index in [1.807, 2.05) is 12.1 Å². The highest BCUT2D eigenvalue weighted by molar-refractivity contribution is 6.00. The predicted octanol–water partition coefficient (Wildman–Crippen LogP) is 2.62. The summed E-state index contributed by atoms with van der Waals surface area (Å²) in [5.41, 5.74) is -0.276. The molecule has 0 radical (unpaired) electrons. The van der Waals surface area contributed by atoms with Crippen molar-refractivity contribution in [2.24, 2.45) is 0 Å². The first kappa shape index (κ1) is 15.0. The lowest BCUT2D eigenvalue weighted by molar-refractivity contribution is -0.159. The normalized spacial score (nSPS) is 11.4. The largest absolute Gasteiger partial charge is 0.497 e. The highest BCUT2D eigenvalue weighted by atomic mass is 16.6. The zero-order valence-corrected chi connectivity index (χ0v) is 11.6. The highest BCUT2D eigenvalue weighted by Gasteiger charge is 2.28. The Hall–Kier alpha value is -2.10. The van der Waals surface area contributed by atoms with E-state index in [1.165, 1.54) is 13.0 Å². The Labute approximate surface area is 113 Å². The molecular formula is C15H18O4. The number of hydrogen-bond donors (Lipinski definition) is 0. The van der Waals surface area contributed by atoms with Gasteiger partial charge >= 0.3 is 5.97 Å². The van der Waals surface area contributed by atoms with Gasteiger partial charge in [-0.1, -0.05) is 18.2 Å². The van der Waals surface area contributed by atoms with Gasteiger partial charge in [-0.05, 0) is 37.6 Å². The summed E-state index contributed by atoms with van der Waals surface area (Å²) in [6.07, 6.45) is 3.08. The lowest BCUT2D eigenvalue weighted by Gasteiger charge is -2.20. The van der Waals surface area contributed by atoms with E-state index in [9.17, 15) is 9.59 Å². The molecule has 4 heteroatoms. The summed E-state index contributed by atoms with van der Waals surface area (Å²) < 4.78 is 10.0. The number of methoxy groups -OCH3 is 1. The minimum Gasteiger partial charge on any atom is -0.497 e. The lowest BCUT2D eigenvalue weighted by atomic mass is 10.0. The molecule has 4 nitrogen and oxygen atoms in total. The minimum absolute atomic E-state index is 0.265. The number of carbonyl (C=O) groups excluding carboxylic acids is 2. The van der Waals surface area contributed by atoms with Crippen molar-refractivity contribution >= 4 is 17.8 Å². The molecule has 0 aliphatic rings. The second-order valence-electron chi connectivity index (χ2n) is 4.57. The van der Waals surface area contributed by atoms with Gasteiger partial charge in [0.15, 0.2) is 11.4 Å². The first-order valence-corrected chi connectivity index (χ1v) is 5.91. The maximum atomic E-state index is 11.9. The number of ketones is 1. The summed E-state index contributed by atoms with van der Waals surface area (Å²) in [6.45, 7) is 4.41. The Morgan fingerprint density at radius 2 is 1.74 bits per heavy atom. The molecule has 0 atom stereocenters. The van der Waals surface area contributed by atoms with Gasteiger partial charge in [-0.25, -0.2) is 0 Å². The summed E-state index contributed by atoms with van der Waals surface area (Å²) >= 11 is 0. The van der Waals surface area contributed by atoms with E-state index >= 15 is 0 Å². The fourth-order valence-corrected chi connectivity index (χ4v) is 1.50. The van der Waals surface area contributed by atoms with Crippen LogP contribution >= 0.6 is 0 Å². The average Bonchev–Trinajstić information content (AvgIpc) is 2.35. The number of benzene rings is 1. The summed E-state index contributed by atoms with van der Waals surface area (Å²) in [6, 6.07) is 7.28. The summed E-state index contributed by atoms with van der Waals surface area (Å²) in [7, 11) is 1.59. The van der Waals surface area contributed by atoms with E-state index in [0.29, 0.717) is 0 Å². The van der Waals surface area contributed by atoms with Crippen molar-refractivity contribution in [1.29, 1.82) is 0 Å². The molecule has 0 saturated carbocycles. The number of ether oxygens (including phenoxy) is 2. The molecule has 0 unspecified atom stereocenters. The summed E-state index contributed by atoms with van der Waals surface area (Å²) in [5.74, 6) is 0.0124. The first-order valence-electron chi connectivity index (χ1n) is 5.91. The molecule has 0 aromatic heterocycles. The van der Waals surface area contributed by atoms with Crippen molar-refractivity contribution in [1.82, 2.24) is 0 Å². The molecule has 0 aliphatic heterocycles. The third-order valence-electron chi connectivity index (χ3n) is 2.54. The van der Waals surface area contributed by atoms with Gasteiger partial charge in [0.2, 0.25) is 0 Å². The van der Waals surface area contributed by atoms with Gasteiger partial charge in [0.1, 0.15) is 5.75 Å². The number of rotatable bonds is 5. The Kier molecular flexibility index (Phi) is 4.87. The second-order valence-corrected chi connectivity index (χ2v) is 4.57. The van der Waals surface area contributed by atoms with Crippen LogP contribution in [0.4, 0.5) is 0 Å². The van der Waals surface area contributed by atoms with Gasteiger partial charge in [-0.2, -0.15) is 0 Å². The molecule has 19 heavy (non-hydrogen) atoms. The Balaban J connectivity index is 2.74. The van der Waals surface area contributed by atoms with Crippen LogP contribution in [-0.2, 0) is 14.3 Å². The van der Waals surface area contributed by atoms with Crippen molar-refractivity contribution in [3.8, 4) is 5.75 Å². The van der Waals surface area contributed by atoms with Crippen LogP contribution in [0, 0.1) is 0 Å². The molecule has 1 rings (SSSR count). The molecule has 0 saturated heterocycles. The van der Waals surface area contributed by atoms with E-state index in [4.69, 9.17) is 9.47 Å². The van der Waals surface area contributed by atoms with Crippen molar-refractivity contribution in [2.75, 3.05) is 7.11 Å². The highest BCUT2D eigenvalue weighted by Crippen LogP contribution is 2.15. The molecule has 0 amide bonds. The quantitative estimate of drug-likeness (QED) is 0.604.